The standard InChI is InChI=1S/C21H23ClN2O4S2/c1-2-28-12-11-24-18-9-8-17(22)14-19(18)29-21(24)23-20(25)10-13-30(26,27)15-16-6-4-3-5-7-16/h3-9,14H,2,10-13,15H2,1H3. The van der Waals surface area contributed by atoms with Gasteiger partial charge in [0.15, 0.2) is 14.6 Å². The number of thiazole rings is 1. The van der Waals surface area contributed by atoms with Crippen molar-refractivity contribution in [1.82, 2.24) is 4.57 Å². The summed E-state index contributed by atoms with van der Waals surface area (Å²) in [6, 6.07) is 14.4. The topological polar surface area (TPSA) is 77.7 Å². The van der Waals surface area contributed by atoms with E-state index in [1.54, 1.807) is 30.3 Å². The molecule has 1 amide bonds. The first-order valence-electron chi connectivity index (χ1n) is 9.56. The van der Waals surface area contributed by atoms with E-state index in [0.29, 0.717) is 35.1 Å². The van der Waals surface area contributed by atoms with Crippen molar-refractivity contribution in [2.75, 3.05) is 19.0 Å². The monoisotopic (exact) mass is 466 g/mol. The van der Waals surface area contributed by atoms with Crippen molar-refractivity contribution in [3.8, 4) is 0 Å². The van der Waals surface area contributed by atoms with Crippen molar-refractivity contribution in [3.63, 3.8) is 0 Å². The molecule has 0 radical (unpaired) electrons. The largest absolute Gasteiger partial charge is 0.380 e. The molecule has 3 aromatic rings. The third-order valence-electron chi connectivity index (χ3n) is 4.38. The molecule has 1 aromatic heterocycles. The lowest BCUT2D eigenvalue weighted by Crippen LogP contribution is -2.20. The van der Waals surface area contributed by atoms with Crippen LogP contribution >= 0.6 is 22.9 Å². The van der Waals surface area contributed by atoms with E-state index in [-0.39, 0.29) is 17.9 Å². The van der Waals surface area contributed by atoms with Gasteiger partial charge in [-0.3, -0.25) is 4.79 Å². The van der Waals surface area contributed by atoms with Gasteiger partial charge in [-0.25, -0.2) is 8.42 Å². The van der Waals surface area contributed by atoms with Crippen LogP contribution < -0.4 is 4.80 Å². The molecule has 0 unspecified atom stereocenters. The number of ether oxygens (including phenoxy) is 1. The SMILES string of the molecule is CCOCCn1c(=NC(=O)CCS(=O)(=O)Cc2ccccc2)sc2cc(Cl)ccc21. The third-order valence-corrected chi connectivity index (χ3v) is 7.26. The molecule has 6 nitrogen and oxygen atoms in total. The van der Waals surface area contributed by atoms with E-state index in [9.17, 15) is 13.2 Å². The Hall–Kier alpha value is -2.00. The van der Waals surface area contributed by atoms with Gasteiger partial charge in [-0.15, -0.1) is 0 Å². The van der Waals surface area contributed by atoms with Crippen LogP contribution in [0.1, 0.15) is 18.9 Å². The molecular formula is C21H23ClN2O4S2. The normalized spacial score (nSPS) is 12.5. The minimum Gasteiger partial charge on any atom is -0.380 e. The van der Waals surface area contributed by atoms with Gasteiger partial charge in [-0.1, -0.05) is 53.3 Å². The predicted molar refractivity (Wildman–Crippen MR) is 120 cm³/mol. The van der Waals surface area contributed by atoms with E-state index in [4.69, 9.17) is 16.3 Å². The average Bonchev–Trinajstić information content (AvgIpc) is 3.03. The molecule has 3 rings (SSSR count). The molecule has 0 N–H and O–H groups in total. The Kier molecular flexibility index (Phi) is 7.82. The Morgan fingerprint density at radius 3 is 2.70 bits per heavy atom. The van der Waals surface area contributed by atoms with Crippen molar-refractivity contribution in [2.24, 2.45) is 4.99 Å². The van der Waals surface area contributed by atoms with Crippen molar-refractivity contribution < 1.29 is 17.9 Å². The molecule has 0 bridgehead atoms. The van der Waals surface area contributed by atoms with E-state index >= 15 is 0 Å². The molecule has 0 aliphatic heterocycles. The van der Waals surface area contributed by atoms with Crippen LogP contribution in [-0.4, -0.2) is 37.9 Å². The highest BCUT2D eigenvalue weighted by atomic mass is 35.5. The summed E-state index contributed by atoms with van der Waals surface area (Å²) < 4.78 is 32.9. The summed E-state index contributed by atoms with van der Waals surface area (Å²) in [6.45, 7) is 3.53. The number of hydrogen-bond acceptors (Lipinski definition) is 5. The number of hydrogen-bond donors (Lipinski definition) is 0. The highest BCUT2D eigenvalue weighted by Crippen LogP contribution is 2.22. The molecule has 0 saturated heterocycles. The van der Waals surface area contributed by atoms with Crippen molar-refractivity contribution in [2.45, 2.75) is 25.6 Å². The molecule has 30 heavy (non-hydrogen) atoms. The molecule has 9 heteroatoms. The number of halogens is 1. The number of carbonyl (C=O) groups is 1. The number of amides is 1. The van der Waals surface area contributed by atoms with Crippen LogP contribution in [0.15, 0.2) is 53.5 Å². The number of carbonyl (C=O) groups excluding carboxylic acids is 1. The van der Waals surface area contributed by atoms with Gasteiger partial charge in [-0.05, 0) is 30.7 Å². The van der Waals surface area contributed by atoms with Gasteiger partial charge >= 0.3 is 0 Å². The smallest absolute Gasteiger partial charge is 0.249 e. The Labute approximate surface area is 184 Å². The molecule has 0 saturated carbocycles. The van der Waals surface area contributed by atoms with Gasteiger partial charge in [-0.2, -0.15) is 4.99 Å². The van der Waals surface area contributed by atoms with E-state index in [0.717, 1.165) is 10.2 Å². The number of aromatic nitrogens is 1. The minimum absolute atomic E-state index is 0.0864. The molecule has 0 atom stereocenters. The van der Waals surface area contributed by atoms with Gasteiger partial charge in [0.2, 0.25) is 5.91 Å². The van der Waals surface area contributed by atoms with Crippen LogP contribution in [0.3, 0.4) is 0 Å². The fourth-order valence-corrected chi connectivity index (χ4v) is 5.63. The van der Waals surface area contributed by atoms with Gasteiger partial charge in [0.05, 0.1) is 28.3 Å². The zero-order valence-electron chi connectivity index (χ0n) is 16.6. The lowest BCUT2D eigenvalue weighted by molar-refractivity contribution is -0.117. The van der Waals surface area contributed by atoms with Crippen LogP contribution in [0.2, 0.25) is 5.02 Å². The maximum absolute atomic E-state index is 12.4. The molecule has 1 heterocycles. The lowest BCUT2D eigenvalue weighted by atomic mass is 10.2. The average molecular weight is 467 g/mol. The number of rotatable bonds is 9. The van der Waals surface area contributed by atoms with Crippen LogP contribution in [0, 0.1) is 0 Å². The lowest BCUT2D eigenvalue weighted by Gasteiger charge is -2.05. The third kappa shape index (κ3) is 6.25. The van der Waals surface area contributed by atoms with Crippen molar-refractivity contribution >= 4 is 48.9 Å². The van der Waals surface area contributed by atoms with Crippen LogP contribution in [-0.2, 0) is 31.7 Å². The first-order chi connectivity index (χ1) is 14.4. The number of fused-ring (bicyclic) bond motifs is 1. The second-order valence-corrected chi connectivity index (χ2v) is 10.3. The zero-order chi connectivity index (χ0) is 21.6. The Morgan fingerprint density at radius 2 is 1.97 bits per heavy atom. The number of nitrogens with zero attached hydrogens (tertiary/aromatic N) is 2. The maximum atomic E-state index is 12.4. The van der Waals surface area contributed by atoms with E-state index in [2.05, 4.69) is 4.99 Å². The van der Waals surface area contributed by atoms with Crippen molar-refractivity contribution in [3.05, 3.63) is 63.9 Å². The summed E-state index contributed by atoms with van der Waals surface area (Å²) in [5.41, 5.74) is 1.62. The molecule has 2 aromatic carbocycles. The summed E-state index contributed by atoms with van der Waals surface area (Å²) >= 11 is 7.43. The summed E-state index contributed by atoms with van der Waals surface area (Å²) in [6.07, 6.45) is -0.157. The van der Waals surface area contributed by atoms with Gasteiger partial charge in [0, 0.05) is 24.6 Å². The summed E-state index contributed by atoms with van der Waals surface area (Å²) in [7, 11) is -3.40. The van der Waals surface area contributed by atoms with E-state index in [1.807, 2.05) is 29.7 Å². The highest BCUT2D eigenvalue weighted by Gasteiger charge is 2.15. The number of benzene rings is 2. The zero-order valence-corrected chi connectivity index (χ0v) is 19.0. The quantitative estimate of drug-likeness (QED) is 0.449. The molecule has 0 aliphatic carbocycles. The van der Waals surface area contributed by atoms with E-state index in [1.165, 1.54) is 11.3 Å². The second-order valence-electron chi connectivity index (χ2n) is 6.68. The van der Waals surface area contributed by atoms with Gasteiger partial charge in [0.25, 0.3) is 0 Å². The van der Waals surface area contributed by atoms with Crippen LogP contribution in [0.25, 0.3) is 10.2 Å². The fraction of sp³-hybridized carbons (Fsp3) is 0.333. The second kappa shape index (κ2) is 10.3. The molecule has 0 fully saturated rings. The maximum Gasteiger partial charge on any atom is 0.249 e. The van der Waals surface area contributed by atoms with E-state index < -0.39 is 15.7 Å². The van der Waals surface area contributed by atoms with Crippen LogP contribution in [0.4, 0.5) is 0 Å². The van der Waals surface area contributed by atoms with Crippen LogP contribution in [0.5, 0.6) is 0 Å². The first kappa shape index (κ1) is 22.7. The minimum atomic E-state index is -3.40. The molecular weight excluding hydrogens is 444 g/mol. The summed E-state index contributed by atoms with van der Waals surface area (Å²) in [5.74, 6) is -0.786. The van der Waals surface area contributed by atoms with Crippen molar-refractivity contribution in [1.29, 1.82) is 0 Å². The Morgan fingerprint density at radius 1 is 1.20 bits per heavy atom. The fourth-order valence-electron chi connectivity index (χ4n) is 2.95. The summed E-state index contributed by atoms with van der Waals surface area (Å²) in [5, 5.41) is 0.602. The predicted octanol–water partition coefficient (Wildman–Crippen LogP) is 3.83. The first-order valence-corrected chi connectivity index (χ1v) is 12.6. The Bertz CT molecular complexity index is 1180. The van der Waals surface area contributed by atoms with Gasteiger partial charge < -0.3 is 9.30 Å². The number of sulfone groups is 1. The molecule has 0 aliphatic rings. The molecule has 160 valence electrons. The Balaban J connectivity index is 1.77. The molecule has 0 spiro atoms. The summed E-state index contributed by atoms with van der Waals surface area (Å²) in [4.78, 5) is 17.1. The highest BCUT2D eigenvalue weighted by molar-refractivity contribution is 7.90. The van der Waals surface area contributed by atoms with Gasteiger partial charge in [0.1, 0.15) is 0 Å².